The lowest BCUT2D eigenvalue weighted by Gasteiger charge is -2.33. The molecule has 2 saturated carbocycles. The second-order valence-electron chi connectivity index (χ2n) is 15.6. The molecule has 0 radical (unpaired) electrons. The Bertz CT molecular complexity index is 2010. The molecule has 7 atom stereocenters. The van der Waals surface area contributed by atoms with Gasteiger partial charge in [-0.1, -0.05) is 32.4 Å². The van der Waals surface area contributed by atoms with Crippen LogP contribution in [0.15, 0.2) is 30.4 Å². The minimum Gasteiger partial charge on any atom is -0.491 e. The van der Waals surface area contributed by atoms with E-state index < -0.39 is 98.9 Å². The molecule has 1 aromatic carbocycles. The van der Waals surface area contributed by atoms with Crippen LogP contribution in [-0.2, 0) is 30.6 Å². The van der Waals surface area contributed by atoms with Gasteiger partial charge in [-0.25, -0.2) is 23.2 Å². The fraction of sp³-hybridized carbons (Fsp3) is 0.622. The van der Waals surface area contributed by atoms with Gasteiger partial charge in [0.25, 0.3) is 5.91 Å². The molecule has 306 valence electrons. The molecule has 56 heavy (non-hydrogen) atoms. The number of fused-ring (bicyclic) bond motifs is 3. The highest BCUT2D eigenvalue weighted by molar-refractivity contribution is 7.91. The summed E-state index contributed by atoms with van der Waals surface area (Å²) in [4.78, 5) is 63.6. The number of carbonyl (C=O) groups excluding carboxylic acids is 3. The van der Waals surface area contributed by atoms with Crippen molar-refractivity contribution >= 4 is 44.9 Å². The highest BCUT2D eigenvalue weighted by Crippen LogP contribution is 2.46. The average molecular weight is 809 g/mol. The number of allylic oxidation sites excluding steroid dienone is 1. The van der Waals surface area contributed by atoms with Crippen molar-refractivity contribution in [2.75, 3.05) is 6.54 Å². The Morgan fingerprint density at radius 1 is 1.12 bits per heavy atom. The summed E-state index contributed by atoms with van der Waals surface area (Å²) in [7, 11) is -4.01. The van der Waals surface area contributed by atoms with Crippen molar-refractivity contribution in [2.24, 2.45) is 17.8 Å². The van der Waals surface area contributed by atoms with E-state index in [0.29, 0.717) is 44.3 Å². The van der Waals surface area contributed by atoms with Crippen molar-refractivity contribution in [3.63, 3.8) is 0 Å². The first-order valence-electron chi connectivity index (χ1n) is 18.9. The van der Waals surface area contributed by atoms with E-state index in [4.69, 9.17) is 9.47 Å². The lowest BCUT2D eigenvalue weighted by molar-refractivity contribution is -0.143. The van der Waals surface area contributed by atoms with Crippen LogP contribution in [0.1, 0.15) is 84.8 Å². The first-order valence-corrected chi connectivity index (χ1v) is 20.4. The highest BCUT2D eigenvalue weighted by atomic mass is 32.2. The van der Waals surface area contributed by atoms with Crippen LogP contribution in [-0.4, -0.2) is 93.8 Å². The molecule has 15 nitrogen and oxygen atoms in total. The second kappa shape index (κ2) is 15.7. The summed E-state index contributed by atoms with van der Waals surface area (Å²) < 4.78 is 82.6. The molecule has 6 rings (SSSR count). The molecule has 2 aromatic rings. The minimum absolute atomic E-state index is 0.0144. The van der Waals surface area contributed by atoms with E-state index in [1.165, 1.54) is 18.2 Å². The van der Waals surface area contributed by atoms with Crippen LogP contribution >= 0.6 is 0 Å². The van der Waals surface area contributed by atoms with Crippen LogP contribution in [0.2, 0.25) is 0 Å². The average Bonchev–Trinajstić information content (AvgIpc) is 4.03. The van der Waals surface area contributed by atoms with E-state index in [-0.39, 0.29) is 35.9 Å². The fourth-order valence-electron chi connectivity index (χ4n) is 7.64. The van der Waals surface area contributed by atoms with Gasteiger partial charge in [0.05, 0.1) is 28.9 Å². The zero-order valence-electron chi connectivity index (χ0n) is 31.5. The minimum atomic E-state index is -5.02. The zero-order valence-corrected chi connectivity index (χ0v) is 32.3. The third-order valence-electron chi connectivity index (χ3n) is 10.8. The summed E-state index contributed by atoms with van der Waals surface area (Å²) in [6.45, 7) is 6.86. The third kappa shape index (κ3) is 8.97. The number of carbonyl (C=O) groups is 4. The number of hydrogen-bond donors (Lipinski definition) is 4. The molecule has 2 aliphatic carbocycles. The van der Waals surface area contributed by atoms with Crippen LogP contribution < -0.4 is 24.8 Å². The van der Waals surface area contributed by atoms with Crippen molar-refractivity contribution < 1.29 is 55.3 Å². The molecule has 3 fully saturated rings. The van der Waals surface area contributed by atoms with Gasteiger partial charge in [0, 0.05) is 18.4 Å². The van der Waals surface area contributed by atoms with Gasteiger partial charge in [-0.2, -0.15) is 13.2 Å². The normalized spacial score (nSPS) is 29.3. The molecule has 19 heteroatoms. The highest BCUT2D eigenvalue weighted by Gasteiger charge is 2.62. The lowest BCUT2D eigenvalue weighted by atomic mass is 9.85. The van der Waals surface area contributed by atoms with Crippen LogP contribution in [0.25, 0.3) is 11.0 Å². The molecule has 2 aliphatic heterocycles. The number of nitrogens with zero attached hydrogens (tertiary/aromatic N) is 3. The van der Waals surface area contributed by atoms with Crippen molar-refractivity contribution in [1.29, 1.82) is 0 Å². The third-order valence-corrected chi connectivity index (χ3v) is 12.6. The van der Waals surface area contributed by atoms with Crippen molar-refractivity contribution in [3.05, 3.63) is 36.0 Å². The van der Waals surface area contributed by atoms with E-state index >= 15 is 0 Å². The first-order chi connectivity index (χ1) is 26.3. The van der Waals surface area contributed by atoms with Crippen LogP contribution in [0.4, 0.5) is 18.0 Å². The Morgan fingerprint density at radius 2 is 1.86 bits per heavy atom. The number of hydrogen-bond acceptors (Lipinski definition) is 10. The Hall–Kier alpha value is -4.68. The summed E-state index contributed by atoms with van der Waals surface area (Å²) in [5, 5.41) is 14.1. The maximum absolute atomic E-state index is 14.5. The van der Waals surface area contributed by atoms with E-state index in [9.17, 15) is 45.9 Å². The molecule has 0 bridgehead atoms. The number of carboxylic acid groups (broad SMARTS) is 1. The second-order valence-corrected chi connectivity index (χ2v) is 17.5. The number of benzene rings is 1. The molecule has 0 spiro atoms. The molecular weight excluding hydrogens is 762 g/mol. The van der Waals surface area contributed by atoms with Gasteiger partial charge in [0.15, 0.2) is 0 Å². The summed E-state index contributed by atoms with van der Waals surface area (Å²) in [6.07, 6.45) is -1.94. The van der Waals surface area contributed by atoms with Crippen LogP contribution in [0, 0.1) is 17.8 Å². The maximum Gasteiger partial charge on any atom is 0.438 e. The molecule has 4 aliphatic rings. The van der Waals surface area contributed by atoms with E-state index in [2.05, 4.69) is 25.3 Å². The van der Waals surface area contributed by atoms with E-state index in [0.717, 1.165) is 4.90 Å². The number of sulfonamides is 1. The predicted molar refractivity (Wildman–Crippen MR) is 195 cm³/mol. The summed E-state index contributed by atoms with van der Waals surface area (Å²) in [5.74, 6) is -4.29. The number of halogens is 3. The Kier molecular flexibility index (Phi) is 11.5. The number of ether oxygens (including phenoxy) is 2. The van der Waals surface area contributed by atoms with E-state index in [1.807, 2.05) is 13.0 Å². The monoisotopic (exact) mass is 808 g/mol. The lowest BCUT2D eigenvalue weighted by Crippen LogP contribution is -2.59. The zero-order chi connectivity index (χ0) is 40.7. The predicted octanol–water partition coefficient (Wildman–Crippen LogP) is 4.31. The van der Waals surface area contributed by atoms with E-state index in [1.54, 1.807) is 26.8 Å². The number of rotatable bonds is 9. The van der Waals surface area contributed by atoms with Gasteiger partial charge < -0.3 is 30.1 Å². The smallest absolute Gasteiger partial charge is 0.438 e. The Labute approximate surface area is 322 Å². The van der Waals surface area contributed by atoms with Gasteiger partial charge in [-0.15, -0.1) is 0 Å². The van der Waals surface area contributed by atoms with Crippen LogP contribution in [0.5, 0.6) is 11.6 Å². The van der Waals surface area contributed by atoms with Crippen LogP contribution in [0.3, 0.4) is 0 Å². The van der Waals surface area contributed by atoms with Gasteiger partial charge in [0.1, 0.15) is 29.5 Å². The first kappa shape index (κ1) is 41.0. The van der Waals surface area contributed by atoms with Gasteiger partial charge in [0.2, 0.25) is 33.4 Å². The SMILES string of the molecule is CC[C@@H]1C[C@H](C)CC/C=C\[C@@H]2C[C@@]2(C(=O)NS(=O)(=O)C2CC2)NC(=O)[C@@H]2C[C@@H](Oc3nc4cc(OC(C)C)ccc4nc3C(F)(F)F)CN2C(=O)[C@H]1NC(=O)O. The maximum atomic E-state index is 14.5. The van der Waals surface area contributed by atoms with Gasteiger partial charge in [-0.3, -0.25) is 19.1 Å². The standard InChI is InChI=1S/C37H47F3N6O9S/c1-5-21-14-20(4)8-6-7-9-22-17-36(22,34(49)45-56(52,53)25-11-12-25)44-31(47)28-16-24(18-46(28)33(48)29(21)43-35(50)51)55-32-30(37(38,39)40)41-26-13-10-23(54-19(2)3)15-27(26)42-32/h7,9-10,13,15,19-22,24-25,28-29,43H,5-6,8,11-12,14,16-18H2,1-4H3,(H,44,47)(H,45,49)(H,50,51)/b9-7-/t20-,21-,22-,24-,28+,29+,36-/m1/s1. The number of alkyl halides is 3. The molecule has 4 amide bonds. The summed E-state index contributed by atoms with van der Waals surface area (Å²) >= 11 is 0. The summed E-state index contributed by atoms with van der Waals surface area (Å²) in [5.41, 5.74) is -3.19. The van der Waals surface area contributed by atoms with Gasteiger partial charge >= 0.3 is 12.3 Å². The molecule has 1 saturated heterocycles. The van der Waals surface area contributed by atoms with Crippen molar-refractivity contribution in [1.82, 2.24) is 30.2 Å². The molecular formula is C37H47F3N6O9S. The Balaban J connectivity index is 1.38. The van der Waals surface area contributed by atoms with Gasteiger partial charge in [-0.05, 0) is 76.3 Å². The number of amides is 4. The quantitative estimate of drug-likeness (QED) is 0.263. The molecule has 0 unspecified atom stereocenters. The topological polar surface area (TPSA) is 206 Å². The summed E-state index contributed by atoms with van der Waals surface area (Å²) in [6, 6.07) is 1.40. The van der Waals surface area contributed by atoms with Crippen molar-refractivity contribution in [2.45, 2.75) is 120 Å². The van der Waals surface area contributed by atoms with Crippen molar-refractivity contribution in [3.8, 4) is 11.6 Å². The molecule has 3 heterocycles. The number of nitrogens with one attached hydrogen (secondary N) is 3. The molecule has 1 aromatic heterocycles. The number of aromatic nitrogens is 2. The molecule has 4 N–H and O–H groups in total. The largest absolute Gasteiger partial charge is 0.491 e. The Morgan fingerprint density at radius 3 is 2.50 bits per heavy atom. The fourth-order valence-corrected chi connectivity index (χ4v) is 9.00.